The zero-order chi connectivity index (χ0) is 18.0. The van der Waals surface area contributed by atoms with Gasteiger partial charge in [-0.25, -0.2) is 0 Å². The van der Waals surface area contributed by atoms with E-state index in [2.05, 4.69) is 36.5 Å². The van der Waals surface area contributed by atoms with Gasteiger partial charge in [-0.3, -0.25) is 4.79 Å². The van der Waals surface area contributed by atoms with Crippen LogP contribution in [0.4, 0.5) is 5.69 Å². The lowest BCUT2D eigenvalue weighted by molar-refractivity contribution is -0.113. The summed E-state index contributed by atoms with van der Waals surface area (Å²) < 4.78 is 12.0. The molecule has 2 aromatic rings. The van der Waals surface area contributed by atoms with Gasteiger partial charge in [-0.05, 0) is 37.5 Å². The minimum atomic E-state index is -0.463. The van der Waals surface area contributed by atoms with Crippen molar-refractivity contribution in [1.82, 2.24) is 0 Å². The molecule has 4 rings (SSSR count). The molecule has 1 spiro atoms. The Morgan fingerprint density at radius 1 is 1.08 bits per heavy atom. The molecule has 0 aromatic heterocycles. The summed E-state index contributed by atoms with van der Waals surface area (Å²) in [6.45, 7) is 2.07. The van der Waals surface area contributed by atoms with Gasteiger partial charge in [0, 0.05) is 30.3 Å². The molecule has 1 heterocycles. The zero-order valence-corrected chi connectivity index (χ0v) is 15.7. The van der Waals surface area contributed by atoms with Gasteiger partial charge in [0.2, 0.25) is 5.91 Å². The van der Waals surface area contributed by atoms with Crippen LogP contribution in [0.2, 0.25) is 0 Å². The maximum atomic E-state index is 12.2. The number of amides is 1. The Bertz CT molecular complexity index is 797. The van der Waals surface area contributed by atoms with Crippen molar-refractivity contribution in [2.45, 2.75) is 44.1 Å². The number of rotatable bonds is 5. The van der Waals surface area contributed by atoms with Crippen molar-refractivity contribution in [2.24, 2.45) is 0 Å². The van der Waals surface area contributed by atoms with Gasteiger partial charge in [0.25, 0.3) is 5.79 Å². The number of fused-ring (bicyclic) bond motifs is 1. The highest BCUT2D eigenvalue weighted by molar-refractivity contribution is 7.99. The second-order valence-corrected chi connectivity index (χ2v) is 8.00. The molecule has 0 atom stereocenters. The molecule has 1 saturated carbocycles. The van der Waals surface area contributed by atoms with Crippen LogP contribution >= 0.6 is 11.8 Å². The number of benzene rings is 2. The molecule has 1 amide bonds. The van der Waals surface area contributed by atoms with E-state index >= 15 is 0 Å². The van der Waals surface area contributed by atoms with Crippen LogP contribution in [-0.2, 0) is 10.5 Å². The largest absolute Gasteiger partial charge is 0.448 e. The second kappa shape index (κ2) is 7.23. The topological polar surface area (TPSA) is 47.6 Å². The van der Waals surface area contributed by atoms with Crippen molar-refractivity contribution >= 4 is 23.4 Å². The minimum absolute atomic E-state index is 0.00319. The zero-order valence-electron chi connectivity index (χ0n) is 14.9. The number of nitrogens with one attached hydrogen (secondary N) is 1. The lowest BCUT2D eigenvalue weighted by Gasteiger charge is -2.21. The van der Waals surface area contributed by atoms with Crippen LogP contribution in [0.25, 0.3) is 0 Å². The smallest absolute Gasteiger partial charge is 0.251 e. The molecule has 136 valence electrons. The summed E-state index contributed by atoms with van der Waals surface area (Å²) in [4.78, 5) is 12.2. The third-order valence-corrected chi connectivity index (χ3v) is 5.81. The van der Waals surface area contributed by atoms with Crippen LogP contribution in [0.15, 0.2) is 42.5 Å². The van der Waals surface area contributed by atoms with Crippen molar-refractivity contribution in [3.63, 3.8) is 0 Å². The van der Waals surface area contributed by atoms with E-state index in [4.69, 9.17) is 9.47 Å². The highest BCUT2D eigenvalue weighted by atomic mass is 32.2. The molecule has 26 heavy (non-hydrogen) atoms. The SMILES string of the molecule is Cc1ccc(CSCC(=O)Nc2ccc3c(c2)OC2(CCCC2)O3)cc1. The van der Waals surface area contributed by atoms with Crippen molar-refractivity contribution < 1.29 is 14.3 Å². The average Bonchev–Trinajstić information content (AvgIpc) is 3.22. The van der Waals surface area contributed by atoms with Crippen LogP contribution in [0.3, 0.4) is 0 Å². The van der Waals surface area contributed by atoms with Crippen LogP contribution < -0.4 is 14.8 Å². The number of hydrogen-bond donors (Lipinski definition) is 1. The van der Waals surface area contributed by atoms with Gasteiger partial charge in [-0.1, -0.05) is 29.8 Å². The van der Waals surface area contributed by atoms with Crippen molar-refractivity contribution in [1.29, 1.82) is 0 Å². The number of thioether (sulfide) groups is 1. The van der Waals surface area contributed by atoms with E-state index in [1.165, 1.54) is 11.1 Å². The number of anilines is 1. The quantitative estimate of drug-likeness (QED) is 0.814. The van der Waals surface area contributed by atoms with Crippen molar-refractivity contribution in [2.75, 3.05) is 11.1 Å². The van der Waals surface area contributed by atoms with Gasteiger partial charge < -0.3 is 14.8 Å². The Kier molecular flexibility index (Phi) is 4.81. The summed E-state index contributed by atoms with van der Waals surface area (Å²) in [5.74, 6) is 2.30. The van der Waals surface area contributed by atoms with Crippen LogP contribution in [0.1, 0.15) is 36.8 Å². The van der Waals surface area contributed by atoms with Gasteiger partial charge in [0.05, 0.1) is 5.75 Å². The van der Waals surface area contributed by atoms with E-state index < -0.39 is 5.79 Å². The lowest BCUT2D eigenvalue weighted by Crippen LogP contribution is -2.34. The molecular weight excluding hydrogens is 346 g/mol. The van der Waals surface area contributed by atoms with Gasteiger partial charge >= 0.3 is 0 Å². The van der Waals surface area contributed by atoms with Crippen LogP contribution in [-0.4, -0.2) is 17.4 Å². The fraction of sp³-hybridized carbons (Fsp3) is 0.381. The van der Waals surface area contributed by atoms with Crippen molar-refractivity contribution in [3.05, 3.63) is 53.6 Å². The van der Waals surface area contributed by atoms with Gasteiger partial charge in [0.1, 0.15) is 0 Å². The van der Waals surface area contributed by atoms with Gasteiger partial charge in [-0.15, -0.1) is 11.8 Å². The number of ether oxygens (including phenoxy) is 2. The van der Waals surface area contributed by atoms with Gasteiger partial charge in [-0.2, -0.15) is 0 Å². The molecule has 4 nitrogen and oxygen atoms in total. The summed E-state index contributed by atoms with van der Waals surface area (Å²) in [7, 11) is 0. The molecule has 0 saturated heterocycles. The third kappa shape index (κ3) is 3.83. The first-order valence-electron chi connectivity index (χ1n) is 9.07. The average molecular weight is 369 g/mol. The fourth-order valence-electron chi connectivity index (χ4n) is 3.43. The maximum absolute atomic E-state index is 12.2. The Morgan fingerprint density at radius 2 is 1.81 bits per heavy atom. The predicted octanol–water partition coefficient (Wildman–Crippen LogP) is 4.91. The van der Waals surface area contributed by atoms with E-state index in [9.17, 15) is 4.79 Å². The number of hydrogen-bond acceptors (Lipinski definition) is 4. The van der Waals surface area contributed by atoms with E-state index in [-0.39, 0.29) is 5.91 Å². The first kappa shape index (κ1) is 17.3. The first-order chi connectivity index (χ1) is 12.6. The number of carbonyl (C=O) groups excluding carboxylic acids is 1. The second-order valence-electron chi connectivity index (χ2n) is 7.01. The molecule has 2 aromatic carbocycles. The molecule has 1 fully saturated rings. The molecule has 0 unspecified atom stereocenters. The summed E-state index contributed by atoms with van der Waals surface area (Å²) in [5, 5.41) is 2.95. The molecule has 1 aliphatic carbocycles. The minimum Gasteiger partial charge on any atom is -0.448 e. The van der Waals surface area contributed by atoms with Crippen LogP contribution in [0.5, 0.6) is 11.5 Å². The number of aryl methyl sites for hydroxylation is 1. The van der Waals surface area contributed by atoms with Crippen LogP contribution in [0, 0.1) is 6.92 Å². The van der Waals surface area contributed by atoms with Crippen molar-refractivity contribution in [3.8, 4) is 11.5 Å². The monoisotopic (exact) mass is 369 g/mol. The molecule has 1 N–H and O–H groups in total. The summed E-state index contributed by atoms with van der Waals surface area (Å²) >= 11 is 1.61. The Labute approximate surface area is 158 Å². The normalized spacial score (nSPS) is 16.8. The standard InChI is InChI=1S/C21H23NO3S/c1-15-4-6-16(7-5-15)13-26-14-20(23)22-17-8-9-18-19(12-17)25-21(24-18)10-2-3-11-21/h4-9,12H,2-3,10-11,13-14H2,1H3,(H,22,23). The molecule has 2 aliphatic rings. The summed E-state index contributed by atoms with van der Waals surface area (Å²) in [6.07, 6.45) is 4.13. The number of carbonyl (C=O) groups is 1. The molecular formula is C21H23NO3S. The predicted molar refractivity (Wildman–Crippen MR) is 105 cm³/mol. The van der Waals surface area contributed by atoms with E-state index in [1.54, 1.807) is 11.8 Å². The third-order valence-electron chi connectivity index (χ3n) is 4.81. The molecule has 0 bridgehead atoms. The summed E-state index contributed by atoms with van der Waals surface area (Å²) in [5.41, 5.74) is 3.24. The van der Waals surface area contributed by atoms with E-state index in [1.807, 2.05) is 18.2 Å². The maximum Gasteiger partial charge on any atom is 0.251 e. The van der Waals surface area contributed by atoms with E-state index in [0.29, 0.717) is 5.75 Å². The van der Waals surface area contributed by atoms with E-state index in [0.717, 1.165) is 48.6 Å². The highest BCUT2D eigenvalue weighted by Crippen LogP contribution is 2.47. The Balaban J connectivity index is 1.29. The Morgan fingerprint density at radius 3 is 2.58 bits per heavy atom. The Hall–Kier alpha value is -2.14. The lowest BCUT2D eigenvalue weighted by atomic mass is 10.2. The molecule has 5 heteroatoms. The highest BCUT2D eigenvalue weighted by Gasteiger charge is 2.44. The summed E-state index contributed by atoms with van der Waals surface area (Å²) in [6, 6.07) is 14.0. The van der Waals surface area contributed by atoms with Gasteiger partial charge in [0.15, 0.2) is 11.5 Å². The fourth-order valence-corrected chi connectivity index (χ4v) is 4.22. The molecule has 0 radical (unpaired) electrons. The first-order valence-corrected chi connectivity index (χ1v) is 10.2. The molecule has 1 aliphatic heterocycles.